The van der Waals surface area contributed by atoms with Crippen LogP contribution in [0.25, 0.3) is 0 Å². The first kappa shape index (κ1) is 16.1. The van der Waals surface area contributed by atoms with Crippen LogP contribution in [0.4, 0.5) is 0 Å². The third-order valence-corrected chi connectivity index (χ3v) is 2.44. The van der Waals surface area contributed by atoms with E-state index in [1.54, 1.807) is 0 Å². The molecule has 0 fully saturated rings. The topological polar surface area (TPSA) is 9.23 Å². The molecular weight excluding hydrogens is 172 g/mol. The Morgan fingerprint density at radius 3 is 2.21 bits per heavy atom. The maximum absolute atomic E-state index is 5.79. The second-order valence-corrected chi connectivity index (χ2v) is 3.74. The lowest BCUT2D eigenvalue weighted by Crippen LogP contribution is -2.28. The van der Waals surface area contributed by atoms with E-state index in [2.05, 4.69) is 33.8 Å². The average molecular weight is 200 g/mol. The van der Waals surface area contributed by atoms with Crippen molar-refractivity contribution in [3.8, 4) is 0 Å². The molecular formula is C13H28O. The van der Waals surface area contributed by atoms with Crippen molar-refractivity contribution in [2.24, 2.45) is 5.92 Å². The highest BCUT2D eigenvalue weighted by molar-refractivity contribution is 5.07. The van der Waals surface area contributed by atoms with E-state index < -0.39 is 0 Å². The Hall–Kier alpha value is -0.300. The SMILES string of the molecule is C.CC.CC1=CC[C@@H](C(C)C)O[C@@H]1C. The first-order chi connectivity index (χ1) is 6.11. The molecule has 0 bridgehead atoms. The summed E-state index contributed by atoms with van der Waals surface area (Å²) in [6.07, 6.45) is 4.16. The van der Waals surface area contributed by atoms with E-state index in [9.17, 15) is 0 Å². The standard InChI is InChI=1S/C10H18O.C2H6.CH4/c1-7(2)10-6-5-8(3)9(4)11-10;1-2;/h5,7,9-10H,6H2,1-4H3;1-2H3;1H4/t9-,10+;;/m1../s1. The highest BCUT2D eigenvalue weighted by Crippen LogP contribution is 2.22. The molecule has 0 saturated heterocycles. The lowest BCUT2D eigenvalue weighted by molar-refractivity contribution is -0.0172. The first-order valence-corrected chi connectivity index (χ1v) is 5.43. The van der Waals surface area contributed by atoms with Gasteiger partial charge in [0.05, 0.1) is 12.2 Å². The van der Waals surface area contributed by atoms with E-state index in [0.29, 0.717) is 18.1 Å². The Morgan fingerprint density at radius 2 is 1.86 bits per heavy atom. The van der Waals surface area contributed by atoms with E-state index in [1.807, 2.05) is 13.8 Å². The molecule has 0 saturated carbocycles. The highest BCUT2D eigenvalue weighted by Gasteiger charge is 2.20. The molecule has 0 unspecified atom stereocenters. The number of hydrogen-bond donors (Lipinski definition) is 0. The zero-order chi connectivity index (χ0) is 10.4. The molecule has 0 aromatic rings. The number of ether oxygens (including phenoxy) is 1. The molecule has 0 radical (unpaired) electrons. The lowest BCUT2D eigenvalue weighted by Gasteiger charge is -2.29. The molecule has 86 valence electrons. The van der Waals surface area contributed by atoms with E-state index in [-0.39, 0.29) is 7.43 Å². The van der Waals surface area contributed by atoms with Crippen LogP contribution >= 0.6 is 0 Å². The monoisotopic (exact) mass is 200 g/mol. The molecule has 1 aliphatic rings. The predicted octanol–water partition coefficient (Wildman–Crippen LogP) is 4.43. The van der Waals surface area contributed by atoms with E-state index in [1.165, 1.54) is 5.57 Å². The zero-order valence-electron chi connectivity index (χ0n) is 9.92. The van der Waals surface area contributed by atoms with Gasteiger partial charge in [0, 0.05) is 0 Å². The second-order valence-electron chi connectivity index (χ2n) is 3.74. The highest BCUT2D eigenvalue weighted by atomic mass is 16.5. The number of rotatable bonds is 1. The van der Waals surface area contributed by atoms with Crippen LogP contribution in [0, 0.1) is 5.92 Å². The molecule has 0 spiro atoms. The van der Waals surface area contributed by atoms with Gasteiger partial charge in [-0.05, 0) is 31.8 Å². The summed E-state index contributed by atoms with van der Waals surface area (Å²) in [4.78, 5) is 0. The summed E-state index contributed by atoms with van der Waals surface area (Å²) in [5, 5.41) is 0. The molecule has 1 aliphatic heterocycles. The maximum atomic E-state index is 5.79. The summed E-state index contributed by atoms with van der Waals surface area (Å²) in [6, 6.07) is 0. The van der Waals surface area contributed by atoms with Crippen molar-refractivity contribution >= 4 is 0 Å². The van der Waals surface area contributed by atoms with Gasteiger partial charge in [-0.1, -0.05) is 41.2 Å². The normalized spacial score (nSPS) is 25.8. The van der Waals surface area contributed by atoms with Crippen LogP contribution in [0.1, 0.15) is 55.4 Å². The summed E-state index contributed by atoms with van der Waals surface area (Å²) in [5.41, 5.74) is 1.38. The average Bonchev–Trinajstić information content (AvgIpc) is 2.13. The smallest absolute Gasteiger partial charge is 0.0758 e. The lowest BCUT2D eigenvalue weighted by atomic mass is 9.98. The van der Waals surface area contributed by atoms with Crippen molar-refractivity contribution in [2.45, 2.75) is 67.6 Å². The van der Waals surface area contributed by atoms with Crippen LogP contribution in [0.5, 0.6) is 0 Å². The van der Waals surface area contributed by atoms with Crippen LogP contribution in [-0.2, 0) is 4.74 Å². The summed E-state index contributed by atoms with van der Waals surface area (Å²) in [7, 11) is 0. The second kappa shape index (κ2) is 8.05. The van der Waals surface area contributed by atoms with Crippen molar-refractivity contribution in [1.29, 1.82) is 0 Å². The Labute approximate surface area is 90.5 Å². The molecule has 2 atom stereocenters. The van der Waals surface area contributed by atoms with Crippen LogP contribution < -0.4 is 0 Å². The van der Waals surface area contributed by atoms with E-state index in [4.69, 9.17) is 4.74 Å². The molecule has 0 N–H and O–H groups in total. The maximum Gasteiger partial charge on any atom is 0.0758 e. The summed E-state index contributed by atoms with van der Waals surface area (Å²) < 4.78 is 5.79. The first-order valence-electron chi connectivity index (χ1n) is 5.43. The van der Waals surface area contributed by atoms with E-state index >= 15 is 0 Å². The third-order valence-electron chi connectivity index (χ3n) is 2.44. The Kier molecular flexibility index (Phi) is 9.28. The quantitative estimate of drug-likeness (QED) is 0.569. The Bertz CT molecular complexity index is 159. The number of hydrogen-bond acceptors (Lipinski definition) is 1. The van der Waals surface area contributed by atoms with Crippen molar-refractivity contribution < 1.29 is 4.74 Å². The van der Waals surface area contributed by atoms with Gasteiger partial charge in [-0.2, -0.15) is 0 Å². The van der Waals surface area contributed by atoms with Crippen molar-refractivity contribution in [3.63, 3.8) is 0 Å². The molecule has 0 aromatic heterocycles. The fraction of sp³-hybridized carbons (Fsp3) is 0.846. The molecule has 1 heteroatoms. The minimum Gasteiger partial charge on any atom is -0.370 e. The van der Waals surface area contributed by atoms with Gasteiger partial charge < -0.3 is 4.74 Å². The van der Waals surface area contributed by atoms with Gasteiger partial charge in [-0.25, -0.2) is 0 Å². The fourth-order valence-corrected chi connectivity index (χ4v) is 1.32. The van der Waals surface area contributed by atoms with Crippen molar-refractivity contribution in [1.82, 2.24) is 0 Å². The van der Waals surface area contributed by atoms with Gasteiger partial charge in [0.25, 0.3) is 0 Å². The van der Waals surface area contributed by atoms with E-state index in [0.717, 1.165) is 6.42 Å². The van der Waals surface area contributed by atoms with Crippen molar-refractivity contribution in [3.05, 3.63) is 11.6 Å². The van der Waals surface area contributed by atoms with Crippen LogP contribution in [0.15, 0.2) is 11.6 Å². The predicted molar refractivity (Wildman–Crippen MR) is 65.6 cm³/mol. The van der Waals surface area contributed by atoms with Crippen LogP contribution in [0.2, 0.25) is 0 Å². The van der Waals surface area contributed by atoms with Crippen LogP contribution in [0.3, 0.4) is 0 Å². The summed E-state index contributed by atoms with van der Waals surface area (Å²) in [6.45, 7) is 12.7. The largest absolute Gasteiger partial charge is 0.370 e. The Morgan fingerprint density at radius 1 is 1.36 bits per heavy atom. The molecule has 1 nitrogen and oxygen atoms in total. The third kappa shape index (κ3) is 4.80. The molecule has 1 rings (SSSR count). The van der Waals surface area contributed by atoms with Gasteiger partial charge in [0.1, 0.15) is 0 Å². The molecule has 0 amide bonds. The molecule has 1 heterocycles. The summed E-state index contributed by atoms with van der Waals surface area (Å²) in [5.74, 6) is 0.641. The van der Waals surface area contributed by atoms with Gasteiger partial charge in [0.2, 0.25) is 0 Å². The van der Waals surface area contributed by atoms with Crippen molar-refractivity contribution in [2.75, 3.05) is 0 Å². The molecule has 0 aliphatic carbocycles. The van der Waals surface area contributed by atoms with Gasteiger partial charge >= 0.3 is 0 Å². The zero-order valence-corrected chi connectivity index (χ0v) is 9.92. The van der Waals surface area contributed by atoms with Crippen LogP contribution in [-0.4, -0.2) is 12.2 Å². The fourth-order valence-electron chi connectivity index (χ4n) is 1.32. The molecule has 14 heavy (non-hydrogen) atoms. The minimum atomic E-state index is 0. The molecule has 0 aromatic carbocycles. The Balaban J connectivity index is 0. The van der Waals surface area contributed by atoms with Gasteiger partial charge in [-0.3, -0.25) is 0 Å². The van der Waals surface area contributed by atoms with Gasteiger partial charge in [0.15, 0.2) is 0 Å². The summed E-state index contributed by atoms with van der Waals surface area (Å²) >= 11 is 0. The minimum absolute atomic E-state index is 0. The van der Waals surface area contributed by atoms with Gasteiger partial charge in [-0.15, -0.1) is 0 Å².